The number of carbonyl (C=O) groups is 2. The minimum absolute atomic E-state index is 0.0505. The molecule has 6 atom stereocenters. The molecule has 0 heterocycles. The number of amides is 2. The monoisotopic (exact) mass is 370 g/mol. The maximum Gasteiger partial charge on any atom is 0.221 e. The van der Waals surface area contributed by atoms with Gasteiger partial charge in [0, 0.05) is 30.7 Å². The van der Waals surface area contributed by atoms with E-state index in [1.165, 1.54) is 37.8 Å². The summed E-state index contributed by atoms with van der Waals surface area (Å²) in [4.78, 5) is 23.1. The van der Waals surface area contributed by atoms with Crippen molar-refractivity contribution in [1.29, 1.82) is 0 Å². The van der Waals surface area contributed by atoms with Crippen LogP contribution in [0.2, 0.25) is 0 Å². The molecular weight excluding hydrogens is 336 g/mol. The second kappa shape index (κ2) is 6.49. The second-order valence-corrected chi connectivity index (χ2v) is 9.93. The van der Waals surface area contributed by atoms with Crippen molar-refractivity contribution in [3.05, 3.63) is 23.5 Å². The Hall–Kier alpha value is -1.58. The maximum absolute atomic E-state index is 11.7. The smallest absolute Gasteiger partial charge is 0.221 e. The van der Waals surface area contributed by atoms with Gasteiger partial charge in [-0.3, -0.25) is 9.59 Å². The minimum atomic E-state index is 0.0505. The van der Waals surface area contributed by atoms with Crippen LogP contribution >= 0.6 is 0 Å². The average Bonchev–Trinajstić information content (AvgIpc) is 2.91. The van der Waals surface area contributed by atoms with Gasteiger partial charge in [-0.05, 0) is 74.0 Å². The van der Waals surface area contributed by atoms with Crippen molar-refractivity contribution in [2.75, 3.05) is 0 Å². The molecule has 2 saturated carbocycles. The highest BCUT2D eigenvalue weighted by Crippen LogP contribution is 2.65. The highest BCUT2D eigenvalue weighted by atomic mass is 16.2. The van der Waals surface area contributed by atoms with Crippen molar-refractivity contribution in [3.63, 3.8) is 0 Å². The molecule has 2 N–H and O–H groups in total. The van der Waals surface area contributed by atoms with Crippen LogP contribution in [-0.4, -0.2) is 11.8 Å². The van der Waals surface area contributed by atoms with Crippen molar-refractivity contribution in [2.24, 2.45) is 34.5 Å². The fourth-order valence-electron chi connectivity index (χ4n) is 7.14. The number of fused-ring (bicyclic) bond motifs is 5. The topological polar surface area (TPSA) is 58.2 Å². The van der Waals surface area contributed by atoms with E-state index in [9.17, 15) is 9.59 Å². The predicted octanol–water partition coefficient (Wildman–Crippen LogP) is 4.29. The van der Waals surface area contributed by atoms with E-state index in [4.69, 9.17) is 0 Å². The molecule has 0 saturated heterocycles. The zero-order chi connectivity index (χ0) is 19.4. The zero-order valence-corrected chi connectivity index (χ0v) is 17.2. The molecule has 4 heteroatoms. The molecule has 0 aromatic rings. The Balaban J connectivity index is 1.56. The summed E-state index contributed by atoms with van der Waals surface area (Å²) in [6.45, 7) is 8.12. The van der Waals surface area contributed by atoms with Crippen LogP contribution < -0.4 is 10.6 Å². The van der Waals surface area contributed by atoms with E-state index < -0.39 is 0 Å². The highest BCUT2D eigenvalue weighted by Gasteiger charge is 2.58. The van der Waals surface area contributed by atoms with Crippen molar-refractivity contribution in [2.45, 2.75) is 72.6 Å². The van der Waals surface area contributed by atoms with Crippen LogP contribution in [0.4, 0.5) is 0 Å². The third-order valence-electron chi connectivity index (χ3n) is 8.51. The van der Waals surface area contributed by atoms with Crippen molar-refractivity contribution < 1.29 is 9.59 Å². The third-order valence-corrected chi connectivity index (χ3v) is 8.51. The summed E-state index contributed by atoms with van der Waals surface area (Å²) >= 11 is 0. The van der Waals surface area contributed by atoms with Gasteiger partial charge in [-0.2, -0.15) is 0 Å². The van der Waals surface area contributed by atoms with E-state index in [2.05, 4.69) is 36.6 Å². The quantitative estimate of drug-likeness (QED) is 0.762. The molecule has 0 aromatic carbocycles. The summed E-state index contributed by atoms with van der Waals surface area (Å²) in [5.74, 6) is 2.87. The maximum atomic E-state index is 11.7. The number of allylic oxidation sites excluding steroid dienone is 4. The van der Waals surface area contributed by atoms with Gasteiger partial charge < -0.3 is 10.6 Å². The molecule has 0 aliphatic heterocycles. The fourth-order valence-corrected chi connectivity index (χ4v) is 7.14. The molecule has 0 radical (unpaired) electrons. The molecule has 4 rings (SSSR count). The van der Waals surface area contributed by atoms with Gasteiger partial charge in [0.05, 0.1) is 0 Å². The predicted molar refractivity (Wildman–Crippen MR) is 106 cm³/mol. The first-order chi connectivity index (χ1) is 12.7. The van der Waals surface area contributed by atoms with Crippen LogP contribution in [0.15, 0.2) is 23.5 Å². The van der Waals surface area contributed by atoms with Gasteiger partial charge in [0.1, 0.15) is 0 Å². The van der Waals surface area contributed by atoms with E-state index in [1.54, 1.807) is 13.8 Å². The minimum Gasteiger partial charge on any atom is -0.330 e. The first-order valence-corrected chi connectivity index (χ1v) is 10.7. The van der Waals surface area contributed by atoms with E-state index in [0.717, 1.165) is 30.4 Å². The molecule has 4 nitrogen and oxygen atoms in total. The largest absolute Gasteiger partial charge is 0.330 e. The summed E-state index contributed by atoms with van der Waals surface area (Å²) in [5.41, 5.74) is 2.81. The van der Waals surface area contributed by atoms with Crippen LogP contribution in [0.3, 0.4) is 0 Å². The molecule has 148 valence electrons. The van der Waals surface area contributed by atoms with Gasteiger partial charge in [0.2, 0.25) is 11.8 Å². The van der Waals surface area contributed by atoms with Gasteiger partial charge in [-0.1, -0.05) is 26.0 Å². The van der Waals surface area contributed by atoms with E-state index in [-0.39, 0.29) is 17.2 Å². The number of hydrogen-bond acceptors (Lipinski definition) is 2. The Morgan fingerprint density at radius 3 is 2.44 bits per heavy atom. The van der Waals surface area contributed by atoms with Gasteiger partial charge in [-0.25, -0.2) is 0 Å². The molecule has 4 aliphatic rings. The van der Waals surface area contributed by atoms with Crippen molar-refractivity contribution >= 4 is 11.8 Å². The lowest BCUT2D eigenvalue weighted by molar-refractivity contribution is -0.119. The Bertz CT molecular complexity index is 724. The lowest BCUT2D eigenvalue weighted by atomic mass is 9.46. The van der Waals surface area contributed by atoms with E-state index >= 15 is 0 Å². The lowest BCUT2D eigenvalue weighted by Crippen LogP contribution is -2.53. The highest BCUT2D eigenvalue weighted by molar-refractivity contribution is 5.75. The molecule has 2 amide bonds. The first kappa shape index (κ1) is 18.8. The average molecular weight is 371 g/mol. The number of carbonyl (C=O) groups excluding carboxylic acids is 2. The zero-order valence-electron chi connectivity index (χ0n) is 17.2. The normalized spacial score (nSPS) is 42.8. The van der Waals surface area contributed by atoms with Crippen molar-refractivity contribution in [1.82, 2.24) is 10.6 Å². The first-order valence-electron chi connectivity index (χ1n) is 10.7. The SMILES string of the molecule is CC(=O)NC1=CC2CC[C@@H]3[C@H](CC[C@]4(C)C(NC(C)=O)=CC[C@@H]34)[C@@]2(C)CC1. The molecule has 2 fully saturated rings. The van der Waals surface area contributed by atoms with Crippen LogP contribution in [-0.2, 0) is 9.59 Å². The Morgan fingerprint density at radius 1 is 1.00 bits per heavy atom. The van der Waals surface area contributed by atoms with Crippen LogP contribution in [0, 0.1) is 34.5 Å². The summed E-state index contributed by atoms with van der Waals surface area (Å²) in [6.07, 6.45) is 12.9. The Kier molecular flexibility index (Phi) is 4.51. The molecule has 4 aliphatic carbocycles. The van der Waals surface area contributed by atoms with E-state index in [1.807, 2.05) is 0 Å². The second-order valence-electron chi connectivity index (χ2n) is 9.93. The van der Waals surface area contributed by atoms with Crippen LogP contribution in [0.25, 0.3) is 0 Å². The number of nitrogens with one attached hydrogen (secondary N) is 2. The molecule has 0 spiro atoms. The molecule has 0 aromatic heterocycles. The van der Waals surface area contributed by atoms with Crippen LogP contribution in [0.5, 0.6) is 0 Å². The van der Waals surface area contributed by atoms with Gasteiger partial charge in [-0.15, -0.1) is 0 Å². The molecule has 1 unspecified atom stereocenters. The van der Waals surface area contributed by atoms with Gasteiger partial charge in [0.15, 0.2) is 0 Å². The third kappa shape index (κ3) is 2.96. The molecular formula is C23H34N2O2. The molecule has 0 bridgehead atoms. The van der Waals surface area contributed by atoms with E-state index in [0.29, 0.717) is 17.3 Å². The summed E-state index contributed by atoms with van der Waals surface area (Å²) < 4.78 is 0. The number of hydrogen-bond donors (Lipinski definition) is 2. The summed E-state index contributed by atoms with van der Waals surface area (Å²) in [5, 5.41) is 6.18. The van der Waals surface area contributed by atoms with Gasteiger partial charge in [0.25, 0.3) is 0 Å². The summed E-state index contributed by atoms with van der Waals surface area (Å²) in [6, 6.07) is 0. The number of rotatable bonds is 2. The standard InChI is InChI=1S/C23H34N2O2/c1-14(26)24-17-9-11-22(3)16(13-17)5-6-18-19-7-8-21(25-15(2)27)23(19,4)12-10-20(18)22/h8,13,16,18-20H,5-7,9-12H2,1-4H3,(H,24,26)(H,25,27)/t16?,18-,19-,20-,22-,23-/m0/s1. The van der Waals surface area contributed by atoms with Crippen molar-refractivity contribution in [3.8, 4) is 0 Å². The Labute approximate surface area is 163 Å². The Morgan fingerprint density at radius 2 is 1.74 bits per heavy atom. The summed E-state index contributed by atoms with van der Waals surface area (Å²) in [7, 11) is 0. The van der Waals surface area contributed by atoms with Gasteiger partial charge >= 0.3 is 0 Å². The van der Waals surface area contributed by atoms with Crippen LogP contribution in [0.1, 0.15) is 72.6 Å². The lowest BCUT2D eigenvalue weighted by Gasteiger charge is -2.59. The fraction of sp³-hybridized carbons (Fsp3) is 0.739. The molecule has 27 heavy (non-hydrogen) atoms.